The predicted molar refractivity (Wildman–Crippen MR) is 69.6 cm³/mol. The third-order valence-electron chi connectivity index (χ3n) is 3.97. The molecule has 0 amide bonds. The van der Waals surface area contributed by atoms with Crippen LogP contribution in [0.25, 0.3) is 0 Å². The molecule has 1 rings (SSSR count). The molecule has 0 aromatic rings. The molecule has 1 saturated carbocycles. The van der Waals surface area contributed by atoms with E-state index in [0.29, 0.717) is 24.6 Å². The zero-order valence-corrected chi connectivity index (χ0v) is 11.0. The monoisotopic (exact) mass is 227 g/mol. The Hall–Kier alpha value is -0.0800. The molecule has 96 valence electrons. The van der Waals surface area contributed by atoms with Crippen LogP contribution in [0.15, 0.2) is 0 Å². The first-order valence-electron chi connectivity index (χ1n) is 7.18. The summed E-state index contributed by atoms with van der Waals surface area (Å²) >= 11 is 0. The molecule has 0 spiro atoms. The second kappa shape index (κ2) is 8.08. The minimum atomic E-state index is 0.361. The van der Waals surface area contributed by atoms with Crippen molar-refractivity contribution in [1.29, 1.82) is 0 Å². The highest BCUT2D eigenvalue weighted by molar-refractivity contribution is 4.82. The maximum atomic E-state index is 9.46. The van der Waals surface area contributed by atoms with Crippen molar-refractivity contribution in [3.8, 4) is 0 Å². The van der Waals surface area contributed by atoms with E-state index in [-0.39, 0.29) is 0 Å². The highest BCUT2D eigenvalue weighted by atomic mass is 16.3. The molecule has 2 nitrogen and oxygen atoms in total. The van der Waals surface area contributed by atoms with Crippen LogP contribution >= 0.6 is 0 Å². The zero-order valence-electron chi connectivity index (χ0n) is 11.0. The van der Waals surface area contributed by atoms with Gasteiger partial charge in [-0.15, -0.1) is 0 Å². The Morgan fingerprint density at radius 3 is 2.56 bits per heavy atom. The maximum absolute atomic E-state index is 9.46. The minimum Gasteiger partial charge on any atom is -0.396 e. The number of hydrogen-bond acceptors (Lipinski definition) is 2. The van der Waals surface area contributed by atoms with Crippen molar-refractivity contribution in [3.05, 3.63) is 0 Å². The summed E-state index contributed by atoms with van der Waals surface area (Å²) in [6.07, 6.45) is 10.2. The third-order valence-corrected chi connectivity index (χ3v) is 3.97. The van der Waals surface area contributed by atoms with Gasteiger partial charge in [0.15, 0.2) is 0 Å². The molecular weight excluding hydrogens is 198 g/mol. The molecule has 0 bridgehead atoms. The highest BCUT2D eigenvalue weighted by Gasteiger charge is 2.24. The first-order valence-corrected chi connectivity index (χ1v) is 7.18. The van der Waals surface area contributed by atoms with Crippen molar-refractivity contribution in [2.45, 2.75) is 77.3 Å². The standard InChI is InChI=1S/C14H29NO/c1-3-8-13(4-2)15-14-10-7-5-6-9-12(14)11-16/h12-16H,3-11H2,1-2H3. The number of aliphatic hydroxyl groups is 1. The normalized spacial score (nSPS) is 28.7. The number of rotatable bonds is 6. The van der Waals surface area contributed by atoms with Gasteiger partial charge in [0.2, 0.25) is 0 Å². The fourth-order valence-corrected chi connectivity index (χ4v) is 2.88. The Labute approximate surface area is 101 Å². The molecule has 0 saturated heterocycles. The number of aliphatic hydroxyl groups excluding tert-OH is 1. The summed E-state index contributed by atoms with van der Waals surface area (Å²) in [5, 5.41) is 13.2. The van der Waals surface area contributed by atoms with E-state index >= 15 is 0 Å². The van der Waals surface area contributed by atoms with Crippen LogP contribution in [0.3, 0.4) is 0 Å². The van der Waals surface area contributed by atoms with Gasteiger partial charge in [0.25, 0.3) is 0 Å². The topological polar surface area (TPSA) is 32.3 Å². The van der Waals surface area contributed by atoms with Crippen molar-refractivity contribution < 1.29 is 5.11 Å². The van der Waals surface area contributed by atoms with Gasteiger partial charge in [0, 0.05) is 18.7 Å². The average Bonchev–Trinajstić information content (AvgIpc) is 2.53. The van der Waals surface area contributed by atoms with E-state index in [0.717, 1.165) is 0 Å². The van der Waals surface area contributed by atoms with Gasteiger partial charge >= 0.3 is 0 Å². The third kappa shape index (κ3) is 4.42. The van der Waals surface area contributed by atoms with Gasteiger partial charge < -0.3 is 10.4 Å². The Balaban J connectivity index is 2.46. The van der Waals surface area contributed by atoms with Crippen molar-refractivity contribution >= 4 is 0 Å². The largest absolute Gasteiger partial charge is 0.396 e. The summed E-state index contributed by atoms with van der Waals surface area (Å²) in [5.41, 5.74) is 0. The zero-order chi connectivity index (χ0) is 11.8. The van der Waals surface area contributed by atoms with Crippen molar-refractivity contribution in [2.75, 3.05) is 6.61 Å². The van der Waals surface area contributed by atoms with Crippen LogP contribution in [0.2, 0.25) is 0 Å². The SMILES string of the molecule is CCCC(CC)NC1CCCCCC1CO. The molecule has 3 unspecified atom stereocenters. The quantitative estimate of drug-likeness (QED) is 0.683. The minimum absolute atomic E-state index is 0.361. The number of nitrogens with one attached hydrogen (secondary N) is 1. The predicted octanol–water partition coefficient (Wildman–Crippen LogP) is 3.10. The first kappa shape index (κ1) is 14.0. The molecule has 3 atom stereocenters. The molecule has 1 aliphatic rings. The van der Waals surface area contributed by atoms with E-state index in [4.69, 9.17) is 0 Å². The van der Waals surface area contributed by atoms with E-state index in [1.165, 1.54) is 51.4 Å². The second-order valence-electron chi connectivity index (χ2n) is 5.25. The van der Waals surface area contributed by atoms with Crippen LogP contribution in [-0.4, -0.2) is 23.8 Å². The number of hydrogen-bond donors (Lipinski definition) is 2. The van der Waals surface area contributed by atoms with Gasteiger partial charge in [-0.3, -0.25) is 0 Å². The van der Waals surface area contributed by atoms with Gasteiger partial charge in [-0.05, 0) is 31.6 Å². The Morgan fingerprint density at radius 2 is 1.94 bits per heavy atom. The first-order chi connectivity index (χ1) is 7.81. The molecule has 0 aliphatic heterocycles. The van der Waals surface area contributed by atoms with Crippen LogP contribution in [0.5, 0.6) is 0 Å². The van der Waals surface area contributed by atoms with Gasteiger partial charge in [-0.2, -0.15) is 0 Å². The van der Waals surface area contributed by atoms with Gasteiger partial charge in [-0.25, -0.2) is 0 Å². The lowest BCUT2D eigenvalue weighted by Gasteiger charge is -2.29. The molecule has 2 heteroatoms. The van der Waals surface area contributed by atoms with E-state index < -0.39 is 0 Å². The van der Waals surface area contributed by atoms with E-state index in [2.05, 4.69) is 19.2 Å². The average molecular weight is 227 g/mol. The van der Waals surface area contributed by atoms with Crippen LogP contribution in [0.1, 0.15) is 65.2 Å². The van der Waals surface area contributed by atoms with Gasteiger partial charge in [0.05, 0.1) is 0 Å². The van der Waals surface area contributed by atoms with Gasteiger partial charge in [0.1, 0.15) is 0 Å². The lowest BCUT2D eigenvalue weighted by Crippen LogP contribution is -2.43. The molecule has 0 aromatic carbocycles. The van der Waals surface area contributed by atoms with Crippen molar-refractivity contribution in [3.63, 3.8) is 0 Å². The fourth-order valence-electron chi connectivity index (χ4n) is 2.88. The molecule has 0 radical (unpaired) electrons. The molecule has 0 aromatic heterocycles. The molecule has 16 heavy (non-hydrogen) atoms. The van der Waals surface area contributed by atoms with Crippen LogP contribution < -0.4 is 5.32 Å². The molecular formula is C14H29NO. The summed E-state index contributed by atoms with van der Waals surface area (Å²) < 4.78 is 0. The fraction of sp³-hybridized carbons (Fsp3) is 1.00. The Kier molecular flexibility index (Phi) is 7.06. The van der Waals surface area contributed by atoms with Crippen LogP contribution in [0, 0.1) is 5.92 Å². The van der Waals surface area contributed by atoms with E-state index in [9.17, 15) is 5.11 Å². The molecule has 1 fully saturated rings. The lowest BCUT2D eigenvalue weighted by atomic mass is 9.94. The second-order valence-corrected chi connectivity index (χ2v) is 5.25. The summed E-state index contributed by atoms with van der Waals surface area (Å²) in [4.78, 5) is 0. The summed E-state index contributed by atoms with van der Waals surface area (Å²) in [6, 6.07) is 1.21. The van der Waals surface area contributed by atoms with Crippen molar-refractivity contribution in [1.82, 2.24) is 5.32 Å². The van der Waals surface area contributed by atoms with Gasteiger partial charge in [-0.1, -0.05) is 39.5 Å². The molecule has 1 aliphatic carbocycles. The lowest BCUT2D eigenvalue weighted by molar-refractivity contribution is 0.172. The summed E-state index contributed by atoms with van der Waals surface area (Å²) in [7, 11) is 0. The van der Waals surface area contributed by atoms with Crippen LogP contribution in [-0.2, 0) is 0 Å². The Morgan fingerprint density at radius 1 is 1.19 bits per heavy atom. The summed E-state index contributed by atoms with van der Waals surface area (Å²) in [6.45, 7) is 4.87. The van der Waals surface area contributed by atoms with E-state index in [1.54, 1.807) is 0 Å². The molecule has 0 heterocycles. The van der Waals surface area contributed by atoms with Crippen LogP contribution in [0.4, 0.5) is 0 Å². The Bertz CT molecular complexity index is 172. The molecule has 2 N–H and O–H groups in total. The maximum Gasteiger partial charge on any atom is 0.0474 e. The smallest absolute Gasteiger partial charge is 0.0474 e. The summed E-state index contributed by atoms with van der Waals surface area (Å²) in [5.74, 6) is 0.494. The highest BCUT2D eigenvalue weighted by Crippen LogP contribution is 2.24. The van der Waals surface area contributed by atoms with E-state index in [1.807, 2.05) is 0 Å². The van der Waals surface area contributed by atoms with Crippen molar-refractivity contribution in [2.24, 2.45) is 5.92 Å².